The first-order valence-electron chi connectivity index (χ1n) is 6.84. The number of halogens is 4. The van der Waals surface area contributed by atoms with Crippen molar-refractivity contribution < 1.29 is 23.9 Å². The van der Waals surface area contributed by atoms with Gasteiger partial charge in [0.1, 0.15) is 0 Å². The number of benzene rings is 1. The molecule has 0 aromatic heterocycles. The van der Waals surface area contributed by atoms with E-state index in [4.69, 9.17) is 11.6 Å². The van der Waals surface area contributed by atoms with Gasteiger partial charge in [-0.2, -0.15) is 0 Å². The Hall–Kier alpha value is -0.480. The molecule has 0 fully saturated rings. The normalized spacial score (nSPS) is 10.0. The molecule has 1 aromatic carbocycles. The molecular formula is C15H12ClI3N2O5. The standard InChI is InChI=1S/C15H12ClI3N2O5/c1-3-4-20-15(25)9-10(17)8(14(16)24)11(18)13(12(9)19)21-7(23)5-26-6(2)22/h3H,1,4-5H2,2H3,(H,20,25)(H,21,23). The van der Waals surface area contributed by atoms with E-state index in [9.17, 15) is 19.2 Å². The van der Waals surface area contributed by atoms with E-state index in [-0.39, 0.29) is 23.4 Å². The third-order valence-electron chi connectivity index (χ3n) is 2.82. The predicted octanol–water partition coefficient (Wildman–Crippen LogP) is 3.30. The van der Waals surface area contributed by atoms with Crippen LogP contribution in [-0.2, 0) is 14.3 Å². The Bertz CT molecular complexity index is 798. The van der Waals surface area contributed by atoms with Gasteiger partial charge in [0.05, 0.1) is 24.0 Å². The van der Waals surface area contributed by atoms with E-state index in [1.165, 1.54) is 13.0 Å². The van der Waals surface area contributed by atoms with Crippen molar-refractivity contribution in [1.82, 2.24) is 5.32 Å². The molecule has 0 aliphatic carbocycles. The van der Waals surface area contributed by atoms with E-state index < -0.39 is 29.6 Å². The van der Waals surface area contributed by atoms with Gasteiger partial charge in [-0.05, 0) is 79.4 Å². The molecule has 26 heavy (non-hydrogen) atoms. The van der Waals surface area contributed by atoms with Gasteiger partial charge in [-0.25, -0.2) is 0 Å². The van der Waals surface area contributed by atoms with Crippen molar-refractivity contribution in [3.8, 4) is 0 Å². The quantitative estimate of drug-likeness (QED) is 0.196. The fraction of sp³-hybridized carbons (Fsp3) is 0.200. The molecule has 0 saturated carbocycles. The maximum atomic E-state index is 12.5. The van der Waals surface area contributed by atoms with Crippen molar-refractivity contribution in [2.75, 3.05) is 18.5 Å². The van der Waals surface area contributed by atoms with Crippen molar-refractivity contribution >= 4 is 108 Å². The van der Waals surface area contributed by atoms with Crippen LogP contribution in [0.25, 0.3) is 0 Å². The van der Waals surface area contributed by atoms with E-state index in [0.717, 1.165) is 0 Å². The minimum absolute atomic E-state index is 0.111. The molecular weight excluding hydrogens is 704 g/mol. The average Bonchev–Trinajstić information content (AvgIpc) is 2.54. The van der Waals surface area contributed by atoms with Crippen LogP contribution in [0.15, 0.2) is 12.7 Å². The van der Waals surface area contributed by atoms with Crippen LogP contribution >= 0.6 is 79.4 Å². The number of carbonyl (C=O) groups excluding carboxylic acids is 4. The second-order valence-corrected chi connectivity index (χ2v) is 8.25. The van der Waals surface area contributed by atoms with E-state index in [1.54, 1.807) is 0 Å². The highest BCUT2D eigenvalue weighted by Gasteiger charge is 2.27. The van der Waals surface area contributed by atoms with Gasteiger partial charge in [0.15, 0.2) is 6.61 Å². The van der Waals surface area contributed by atoms with Crippen molar-refractivity contribution in [2.24, 2.45) is 0 Å². The Morgan fingerprint density at radius 2 is 1.69 bits per heavy atom. The number of carbonyl (C=O) groups is 4. The summed E-state index contributed by atoms with van der Waals surface area (Å²) in [6.07, 6.45) is 1.51. The van der Waals surface area contributed by atoms with E-state index in [2.05, 4.69) is 21.9 Å². The Morgan fingerprint density at radius 1 is 1.12 bits per heavy atom. The fourth-order valence-electron chi connectivity index (χ4n) is 1.74. The first-order chi connectivity index (χ1) is 12.1. The summed E-state index contributed by atoms with van der Waals surface area (Å²) in [6, 6.07) is 0. The molecule has 0 aliphatic heterocycles. The lowest BCUT2D eigenvalue weighted by Gasteiger charge is -2.18. The zero-order valence-electron chi connectivity index (χ0n) is 13.3. The zero-order valence-corrected chi connectivity index (χ0v) is 20.5. The van der Waals surface area contributed by atoms with Crippen LogP contribution in [0.3, 0.4) is 0 Å². The lowest BCUT2D eigenvalue weighted by molar-refractivity contribution is -0.144. The number of amides is 2. The number of ether oxygens (including phenoxy) is 1. The van der Waals surface area contributed by atoms with Crippen LogP contribution in [-0.4, -0.2) is 36.2 Å². The molecule has 11 heteroatoms. The number of esters is 1. The summed E-state index contributed by atoms with van der Waals surface area (Å²) >= 11 is 11.3. The summed E-state index contributed by atoms with van der Waals surface area (Å²) in [5, 5.41) is 4.43. The SMILES string of the molecule is C=CCNC(=O)c1c(I)c(NC(=O)COC(C)=O)c(I)c(C(=O)Cl)c1I. The average molecular weight is 716 g/mol. The molecule has 0 heterocycles. The van der Waals surface area contributed by atoms with Gasteiger partial charge in [-0.15, -0.1) is 6.58 Å². The van der Waals surface area contributed by atoms with Gasteiger partial charge in [0.25, 0.3) is 17.1 Å². The molecule has 140 valence electrons. The molecule has 0 radical (unpaired) electrons. The summed E-state index contributed by atoms with van der Waals surface area (Å²) < 4.78 is 5.83. The topological polar surface area (TPSA) is 102 Å². The number of rotatable bonds is 7. The Morgan fingerprint density at radius 3 is 2.19 bits per heavy atom. The molecule has 0 spiro atoms. The van der Waals surface area contributed by atoms with Gasteiger partial charge in [-0.3, -0.25) is 19.2 Å². The monoisotopic (exact) mass is 716 g/mol. The molecule has 0 unspecified atom stereocenters. The zero-order chi connectivity index (χ0) is 20.0. The van der Waals surface area contributed by atoms with E-state index in [1.807, 2.05) is 67.8 Å². The van der Waals surface area contributed by atoms with Crippen LogP contribution in [0.1, 0.15) is 27.6 Å². The largest absolute Gasteiger partial charge is 0.456 e. The maximum Gasteiger partial charge on any atom is 0.303 e. The lowest BCUT2D eigenvalue weighted by atomic mass is 10.1. The van der Waals surface area contributed by atoms with Crippen LogP contribution in [0.5, 0.6) is 0 Å². The second-order valence-electron chi connectivity index (χ2n) is 4.67. The van der Waals surface area contributed by atoms with Gasteiger partial charge in [0, 0.05) is 17.0 Å². The van der Waals surface area contributed by atoms with Crippen LogP contribution < -0.4 is 10.6 Å². The summed E-state index contributed by atoms with van der Waals surface area (Å²) in [6.45, 7) is 4.45. The molecule has 0 bridgehead atoms. The first kappa shape index (κ1) is 23.6. The molecule has 1 aromatic rings. The molecule has 0 aliphatic rings. The highest BCUT2D eigenvalue weighted by atomic mass is 127. The van der Waals surface area contributed by atoms with Crippen molar-refractivity contribution in [3.63, 3.8) is 0 Å². The second kappa shape index (κ2) is 10.8. The van der Waals surface area contributed by atoms with Crippen molar-refractivity contribution in [3.05, 3.63) is 34.5 Å². The third-order valence-corrected chi connectivity index (χ3v) is 6.24. The third kappa shape index (κ3) is 6.02. The van der Waals surface area contributed by atoms with E-state index in [0.29, 0.717) is 10.7 Å². The van der Waals surface area contributed by atoms with Gasteiger partial charge in [-0.1, -0.05) is 6.08 Å². The predicted molar refractivity (Wildman–Crippen MR) is 123 cm³/mol. The van der Waals surface area contributed by atoms with Gasteiger partial charge < -0.3 is 15.4 Å². The number of hydrogen-bond acceptors (Lipinski definition) is 5. The molecule has 7 nitrogen and oxygen atoms in total. The van der Waals surface area contributed by atoms with Gasteiger partial charge in [0.2, 0.25) is 0 Å². The number of nitrogens with one attached hydrogen (secondary N) is 2. The molecule has 2 amide bonds. The van der Waals surface area contributed by atoms with Crippen molar-refractivity contribution in [2.45, 2.75) is 6.92 Å². The molecule has 2 N–H and O–H groups in total. The van der Waals surface area contributed by atoms with Crippen LogP contribution in [0.4, 0.5) is 5.69 Å². The maximum absolute atomic E-state index is 12.5. The van der Waals surface area contributed by atoms with Crippen molar-refractivity contribution in [1.29, 1.82) is 0 Å². The molecule has 1 rings (SSSR count). The van der Waals surface area contributed by atoms with E-state index >= 15 is 0 Å². The fourth-order valence-corrected chi connectivity index (χ4v) is 6.67. The summed E-state index contributed by atoms with van der Waals surface area (Å²) in [5.74, 6) is -1.65. The minimum atomic E-state index is -0.761. The highest BCUT2D eigenvalue weighted by molar-refractivity contribution is 14.1. The number of anilines is 1. The lowest BCUT2D eigenvalue weighted by Crippen LogP contribution is -2.28. The van der Waals surface area contributed by atoms with Crippen LogP contribution in [0, 0.1) is 10.7 Å². The summed E-state index contributed by atoms with van der Waals surface area (Å²) in [4.78, 5) is 47.2. The summed E-state index contributed by atoms with van der Waals surface area (Å²) in [5.41, 5.74) is 0.566. The number of hydrogen-bond donors (Lipinski definition) is 2. The highest BCUT2D eigenvalue weighted by Crippen LogP contribution is 2.36. The smallest absolute Gasteiger partial charge is 0.303 e. The minimum Gasteiger partial charge on any atom is -0.456 e. The molecule has 0 saturated heterocycles. The Labute approximate surface area is 195 Å². The Kier molecular flexibility index (Phi) is 9.74. The molecule has 0 atom stereocenters. The summed E-state index contributed by atoms with van der Waals surface area (Å²) in [7, 11) is 0. The Balaban J connectivity index is 3.44. The first-order valence-corrected chi connectivity index (χ1v) is 10.5. The van der Waals surface area contributed by atoms with Gasteiger partial charge >= 0.3 is 5.97 Å². The van der Waals surface area contributed by atoms with Crippen LogP contribution in [0.2, 0.25) is 0 Å².